The predicted octanol–water partition coefficient (Wildman–Crippen LogP) is 1.47. The van der Waals surface area contributed by atoms with Crippen molar-refractivity contribution in [2.24, 2.45) is 0 Å². The Kier molecular flexibility index (Phi) is 12.9. The molecule has 0 saturated carbocycles. The highest BCUT2D eigenvalue weighted by Crippen LogP contribution is 2.21. The number of nitrogens with one attached hydrogen (secondary N) is 2. The summed E-state index contributed by atoms with van der Waals surface area (Å²) in [5, 5.41) is 16.2. The molecule has 0 aliphatic carbocycles. The van der Waals surface area contributed by atoms with E-state index in [9.17, 15) is 24.3 Å². The molecule has 0 aromatic heterocycles. The monoisotopic (exact) mass is 503 g/mol. The van der Waals surface area contributed by atoms with Gasteiger partial charge in [-0.25, -0.2) is 9.59 Å². The molecule has 1 aromatic carbocycles. The molecule has 0 saturated heterocycles. The highest BCUT2D eigenvalue weighted by atomic mass is 16.6. The van der Waals surface area contributed by atoms with Crippen LogP contribution in [0.3, 0.4) is 0 Å². The molecule has 0 heterocycles. The number of carboxylic acids is 1. The number of alkyl carbamates (subject to hydrolysis) is 1. The molecule has 0 radical (unpaired) electrons. The van der Waals surface area contributed by atoms with Crippen molar-refractivity contribution in [2.75, 3.05) is 19.8 Å². The summed E-state index contributed by atoms with van der Waals surface area (Å²) < 4.78 is 15.3. The zero-order chi connectivity index (χ0) is 27.1. The van der Waals surface area contributed by atoms with Crippen LogP contribution in [0, 0.1) is 11.8 Å². The van der Waals surface area contributed by atoms with Crippen molar-refractivity contribution in [3.8, 4) is 17.6 Å². The van der Waals surface area contributed by atoms with E-state index in [2.05, 4.69) is 29.4 Å². The summed E-state index contributed by atoms with van der Waals surface area (Å²) in [4.78, 5) is 47.7. The number of amides is 2. The van der Waals surface area contributed by atoms with Gasteiger partial charge in [0.1, 0.15) is 24.0 Å². The zero-order valence-corrected chi connectivity index (χ0v) is 21.5. The van der Waals surface area contributed by atoms with E-state index in [1.165, 1.54) is 6.07 Å². The fourth-order valence-electron chi connectivity index (χ4n) is 2.95. The Balaban J connectivity index is 3.19. The minimum Gasteiger partial charge on any atom is -0.546 e. The van der Waals surface area contributed by atoms with Gasteiger partial charge in [0.2, 0.25) is 5.91 Å². The molecule has 2 N–H and O–H groups in total. The fraction of sp³-hybridized carbons (Fsp3) is 0.538. The first kappa shape index (κ1) is 30.3. The number of unbranched alkanes of at least 4 members (excludes halogenated alkanes) is 2. The number of ether oxygens (including phenoxy) is 3. The van der Waals surface area contributed by atoms with Crippen molar-refractivity contribution in [3.63, 3.8) is 0 Å². The van der Waals surface area contributed by atoms with Crippen LogP contribution in [0.5, 0.6) is 5.75 Å². The molecule has 10 nitrogen and oxygen atoms in total. The molecule has 36 heavy (non-hydrogen) atoms. The molecule has 0 aliphatic rings. The SMILES string of the molecule is CCCCCNC(=O)[C@H](Cc1ccc(OCC(=O)[O-])c(C#CC(=O)OCC)c1)NC(=O)OC(C)(C)C. The second-order valence-electron chi connectivity index (χ2n) is 8.86. The van der Waals surface area contributed by atoms with Crippen LogP contribution in [0.2, 0.25) is 0 Å². The average molecular weight is 504 g/mol. The first-order valence-electron chi connectivity index (χ1n) is 11.9. The third-order valence-electron chi connectivity index (χ3n) is 4.49. The van der Waals surface area contributed by atoms with Crippen molar-refractivity contribution < 1.29 is 38.5 Å². The zero-order valence-electron chi connectivity index (χ0n) is 21.5. The lowest BCUT2D eigenvalue weighted by atomic mass is 10.0. The number of carboxylic acid groups (broad SMARTS) is 1. The second-order valence-corrected chi connectivity index (χ2v) is 8.86. The Hall–Kier alpha value is -3.74. The van der Waals surface area contributed by atoms with E-state index in [4.69, 9.17) is 14.2 Å². The van der Waals surface area contributed by atoms with E-state index in [0.717, 1.165) is 19.3 Å². The molecule has 0 spiro atoms. The molecule has 10 heteroatoms. The van der Waals surface area contributed by atoms with Gasteiger partial charge in [-0.3, -0.25) is 4.79 Å². The number of esters is 1. The first-order chi connectivity index (χ1) is 16.9. The average Bonchev–Trinajstić information content (AvgIpc) is 2.78. The van der Waals surface area contributed by atoms with Crippen LogP contribution in [0.25, 0.3) is 0 Å². The van der Waals surface area contributed by atoms with Gasteiger partial charge in [-0.2, -0.15) is 0 Å². The molecule has 2 amide bonds. The third kappa shape index (κ3) is 12.6. The maximum absolute atomic E-state index is 12.9. The van der Waals surface area contributed by atoms with E-state index in [-0.39, 0.29) is 30.2 Å². The standard InChI is InChI=1S/C26H36N2O8/c1-6-8-9-14-27-24(32)20(28-25(33)36-26(3,4)5)16-18-10-12-21(35-17-22(29)30)19(15-18)11-13-23(31)34-7-2/h10,12,15,20H,6-9,14,16-17H2,1-5H3,(H,27,32)(H,28,33)(H,29,30)/p-1/t20-/m0/s1. The summed E-state index contributed by atoms with van der Waals surface area (Å²) in [5.41, 5.74) is 0.0370. The Morgan fingerprint density at radius 2 is 1.83 bits per heavy atom. The molecule has 1 atom stereocenters. The first-order valence-corrected chi connectivity index (χ1v) is 11.9. The predicted molar refractivity (Wildman–Crippen MR) is 130 cm³/mol. The van der Waals surface area contributed by atoms with Crippen LogP contribution in [0.4, 0.5) is 4.79 Å². The van der Waals surface area contributed by atoms with Crippen LogP contribution in [-0.2, 0) is 30.3 Å². The molecular weight excluding hydrogens is 468 g/mol. The lowest BCUT2D eigenvalue weighted by molar-refractivity contribution is -0.307. The summed E-state index contributed by atoms with van der Waals surface area (Å²) in [6.07, 6.45) is 2.10. The topological polar surface area (TPSA) is 143 Å². The second kappa shape index (κ2) is 15.3. The van der Waals surface area contributed by atoms with Crippen LogP contribution in [0.15, 0.2) is 18.2 Å². The molecule has 0 bridgehead atoms. The fourth-order valence-corrected chi connectivity index (χ4v) is 2.95. The van der Waals surface area contributed by atoms with Crippen molar-refractivity contribution in [3.05, 3.63) is 29.3 Å². The number of carbonyl (C=O) groups excluding carboxylic acids is 4. The van der Waals surface area contributed by atoms with Crippen LogP contribution < -0.4 is 20.5 Å². The molecule has 0 aliphatic heterocycles. The van der Waals surface area contributed by atoms with E-state index in [0.29, 0.717) is 12.1 Å². The number of benzene rings is 1. The van der Waals surface area contributed by atoms with Gasteiger partial charge >= 0.3 is 12.1 Å². The molecule has 0 fully saturated rings. The van der Waals surface area contributed by atoms with Crippen LogP contribution in [-0.4, -0.2) is 55.3 Å². The van der Waals surface area contributed by atoms with E-state index >= 15 is 0 Å². The van der Waals surface area contributed by atoms with Gasteiger partial charge in [-0.15, -0.1) is 0 Å². The van der Waals surface area contributed by atoms with Gasteiger partial charge in [0.05, 0.1) is 18.1 Å². The maximum Gasteiger partial charge on any atom is 0.408 e. The normalized spacial score (nSPS) is 11.4. The summed E-state index contributed by atoms with van der Waals surface area (Å²) in [5.74, 6) is 2.46. The summed E-state index contributed by atoms with van der Waals surface area (Å²) >= 11 is 0. The lowest BCUT2D eigenvalue weighted by Gasteiger charge is -2.23. The van der Waals surface area contributed by atoms with Crippen molar-refractivity contribution >= 4 is 23.9 Å². The summed E-state index contributed by atoms with van der Waals surface area (Å²) in [6, 6.07) is 3.67. The van der Waals surface area contributed by atoms with Gasteiger partial charge in [0, 0.05) is 18.9 Å². The van der Waals surface area contributed by atoms with E-state index < -0.39 is 36.3 Å². The highest BCUT2D eigenvalue weighted by molar-refractivity contribution is 5.89. The summed E-state index contributed by atoms with van der Waals surface area (Å²) in [7, 11) is 0. The minimum atomic E-state index is -1.43. The van der Waals surface area contributed by atoms with Gasteiger partial charge in [-0.05, 0) is 51.8 Å². The third-order valence-corrected chi connectivity index (χ3v) is 4.49. The quantitative estimate of drug-likeness (QED) is 0.248. The molecule has 198 valence electrons. The van der Waals surface area contributed by atoms with Crippen molar-refractivity contribution in [2.45, 2.75) is 71.9 Å². The van der Waals surface area contributed by atoms with Crippen molar-refractivity contribution in [1.29, 1.82) is 0 Å². The highest BCUT2D eigenvalue weighted by Gasteiger charge is 2.25. The number of aliphatic carboxylic acids is 1. The summed E-state index contributed by atoms with van der Waals surface area (Å²) in [6.45, 7) is 8.73. The van der Waals surface area contributed by atoms with E-state index in [1.807, 2.05) is 0 Å². The Labute approximate surface area is 212 Å². The van der Waals surface area contributed by atoms with Crippen LogP contribution in [0.1, 0.15) is 65.0 Å². The Morgan fingerprint density at radius 3 is 2.44 bits per heavy atom. The van der Waals surface area contributed by atoms with Gasteiger partial charge < -0.3 is 34.7 Å². The Morgan fingerprint density at radius 1 is 1.11 bits per heavy atom. The maximum atomic E-state index is 12.9. The molecular formula is C26H35N2O8-. The molecule has 0 unspecified atom stereocenters. The number of hydrogen-bond acceptors (Lipinski definition) is 8. The Bertz CT molecular complexity index is 972. The number of rotatable bonds is 12. The smallest absolute Gasteiger partial charge is 0.408 e. The number of carbonyl (C=O) groups is 4. The van der Waals surface area contributed by atoms with E-state index in [1.54, 1.807) is 39.8 Å². The number of hydrogen-bond donors (Lipinski definition) is 2. The van der Waals surface area contributed by atoms with Crippen molar-refractivity contribution in [1.82, 2.24) is 10.6 Å². The largest absolute Gasteiger partial charge is 0.546 e. The molecule has 1 aromatic rings. The van der Waals surface area contributed by atoms with Gasteiger partial charge in [0.25, 0.3) is 0 Å². The lowest BCUT2D eigenvalue weighted by Crippen LogP contribution is -2.49. The van der Waals surface area contributed by atoms with Gasteiger partial charge in [-0.1, -0.05) is 31.8 Å². The van der Waals surface area contributed by atoms with Gasteiger partial charge in [0.15, 0.2) is 0 Å². The minimum absolute atomic E-state index is 0.0771. The van der Waals surface area contributed by atoms with Crippen LogP contribution >= 0.6 is 0 Å². The molecule has 1 rings (SSSR count).